The van der Waals surface area contributed by atoms with Gasteiger partial charge in [-0.2, -0.15) is 13.2 Å². The van der Waals surface area contributed by atoms with Gasteiger partial charge in [-0.15, -0.1) is 0 Å². The summed E-state index contributed by atoms with van der Waals surface area (Å²) in [7, 11) is 0. The van der Waals surface area contributed by atoms with Crippen molar-refractivity contribution < 1.29 is 13.2 Å². The average Bonchev–Trinajstić information content (AvgIpc) is 2.56. The molecule has 0 bridgehead atoms. The highest BCUT2D eigenvalue weighted by Gasteiger charge is 2.33. The second-order valence-electron chi connectivity index (χ2n) is 4.93. The Morgan fingerprint density at radius 1 is 0.739 bits per heavy atom. The molecule has 3 rings (SSSR count). The van der Waals surface area contributed by atoms with Crippen LogP contribution in [0.1, 0.15) is 5.56 Å². The molecule has 1 heterocycles. The van der Waals surface area contributed by atoms with Crippen molar-refractivity contribution in [3.8, 4) is 11.3 Å². The maximum Gasteiger partial charge on any atom is 0.418 e. The molecule has 0 aliphatic carbocycles. The van der Waals surface area contributed by atoms with E-state index in [1.165, 1.54) is 12.1 Å². The van der Waals surface area contributed by atoms with Gasteiger partial charge in [0, 0.05) is 17.4 Å². The van der Waals surface area contributed by atoms with Gasteiger partial charge in [0.05, 0.1) is 16.9 Å². The molecule has 5 heteroatoms. The van der Waals surface area contributed by atoms with Crippen LogP contribution in [-0.4, -0.2) is 4.98 Å². The van der Waals surface area contributed by atoms with Gasteiger partial charge < -0.3 is 5.32 Å². The van der Waals surface area contributed by atoms with Crippen LogP contribution in [0.25, 0.3) is 11.3 Å². The third-order valence-corrected chi connectivity index (χ3v) is 3.37. The summed E-state index contributed by atoms with van der Waals surface area (Å²) in [5, 5.41) is 2.89. The first kappa shape index (κ1) is 15.1. The molecule has 1 aromatic heterocycles. The first-order valence-electron chi connectivity index (χ1n) is 6.99. The SMILES string of the molecule is FC(F)(F)c1ccccc1Nc1ccccc1-c1ccccn1. The molecule has 0 fully saturated rings. The number of alkyl halides is 3. The van der Waals surface area contributed by atoms with Gasteiger partial charge in [-0.3, -0.25) is 4.98 Å². The molecule has 0 aliphatic heterocycles. The number of hydrogen-bond acceptors (Lipinski definition) is 2. The maximum atomic E-state index is 13.1. The van der Waals surface area contributed by atoms with Gasteiger partial charge >= 0.3 is 6.18 Å². The second kappa shape index (κ2) is 6.12. The highest BCUT2D eigenvalue weighted by Crippen LogP contribution is 2.37. The molecule has 0 saturated heterocycles. The first-order valence-corrected chi connectivity index (χ1v) is 6.99. The van der Waals surface area contributed by atoms with E-state index >= 15 is 0 Å². The lowest BCUT2D eigenvalue weighted by Crippen LogP contribution is -2.08. The maximum absolute atomic E-state index is 13.1. The molecule has 116 valence electrons. The Kier molecular flexibility index (Phi) is 4.02. The molecule has 0 aliphatic rings. The Bertz CT molecular complexity index is 799. The van der Waals surface area contributed by atoms with Crippen LogP contribution in [0.15, 0.2) is 72.9 Å². The van der Waals surface area contributed by atoms with E-state index in [0.29, 0.717) is 11.4 Å². The van der Waals surface area contributed by atoms with E-state index in [9.17, 15) is 13.2 Å². The van der Waals surface area contributed by atoms with E-state index in [1.807, 2.05) is 24.3 Å². The number of pyridine rings is 1. The summed E-state index contributed by atoms with van der Waals surface area (Å²) in [6.45, 7) is 0. The van der Waals surface area contributed by atoms with Crippen molar-refractivity contribution in [2.24, 2.45) is 0 Å². The Balaban J connectivity index is 2.03. The Hall–Kier alpha value is -2.82. The molecule has 1 N–H and O–H groups in total. The Labute approximate surface area is 131 Å². The lowest BCUT2D eigenvalue weighted by Gasteiger charge is -2.16. The van der Waals surface area contributed by atoms with Gasteiger partial charge in [-0.25, -0.2) is 0 Å². The predicted molar refractivity (Wildman–Crippen MR) is 84.4 cm³/mol. The molecule has 0 radical (unpaired) electrons. The van der Waals surface area contributed by atoms with Gasteiger partial charge in [0.2, 0.25) is 0 Å². The van der Waals surface area contributed by atoms with E-state index in [2.05, 4.69) is 10.3 Å². The highest BCUT2D eigenvalue weighted by molar-refractivity contribution is 5.79. The number of para-hydroxylation sites is 2. The number of halogens is 3. The Morgan fingerprint density at radius 2 is 1.39 bits per heavy atom. The molecular formula is C18H13F3N2. The van der Waals surface area contributed by atoms with Crippen LogP contribution in [0.4, 0.5) is 24.5 Å². The lowest BCUT2D eigenvalue weighted by atomic mass is 10.1. The number of anilines is 2. The number of aromatic nitrogens is 1. The minimum Gasteiger partial charge on any atom is -0.354 e. The van der Waals surface area contributed by atoms with E-state index in [-0.39, 0.29) is 5.69 Å². The predicted octanol–water partition coefficient (Wildman–Crippen LogP) is 5.51. The standard InChI is InChI=1S/C18H13F3N2/c19-18(20,21)14-8-2-4-11-17(14)23-16-10-3-1-7-13(16)15-9-5-6-12-22-15/h1-12,23H. The van der Waals surface area contributed by atoms with Gasteiger partial charge in [0.15, 0.2) is 0 Å². The summed E-state index contributed by atoms with van der Waals surface area (Å²) < 4.78 is 39.4. The van der Waals surface area contributed by atoms with Crippen molar-refractivity contribution in [1.82, 2.24) is 4.98 Å². The normalized spacial score (nSPS) is 11.3. The molecule has 23 heavy (non-hydrogen) atoms. The molecule has 0 unspecified atom stereocenters. The molecule has 3 aromatic rings. The van der Waals surface area contributed by atoms with Crippen molar-refractivity contribution in [2.45, 2.75) is 6.18 Å². The molecule has 0 spiro atoms. The fourth-order valence-corrected chi connectivity index (χ4v) is 2.32. The molecule has 0 saturated carbocycles. The monoisotopic (exact) mass is 314 g/mol. The van der Waals surface area contributed by atoms with Crippen LogP contribution in [0.5, 0.6) is 0 Å². The molecule has 0 amide bonds. The third-order valence-electron chi connectivity index (χ3n) is 3.37. The molecule has 0 atom stereocenters. The van der Waals surface area contributed by atoms with Crippen molar-refractivity contribution in [2.75, 3.05) is 5.32 Å². The molecular weight excluding hydrogens is 301 g/mol. The lowest BCUT2D eigenvalue weighted by molar-refractivity contribution is -0.136. The van der Waals surface area contributed by atoms with Crippen LogP contribution >= 0.6 is 0 Å². The van der Waals surface area contributed by atoms with E-state index < -0.39 is 11.7 Å². The average molecular weight is 314 g/mol. The number of nitrogens with one attached hydrogen (secondary N) is 1. The minimum atomic E-state index is -4.41. The van der Waals surface area contributed by atoms with E-state index in [4.69, 9.17) is 0 Å². The smallest absolute Gasteiger partial charge is 0.354 e. The van der Waals surface area contributed by atoms with Crippen molar-refractivity contribution >= 4 is 11.4 Å². The number of benzene rings is 2. The zero-order chi connectivity index (χ0) is 16.3. The molecule has 2 nitrogen and oxygen atoms in total. The van der Waals surface area contributed by atoms with Crippen molar-refractivity contribution in [1.29, 1.82) is 0 Å². The number of hydrogen-bond donors (Lipinski definition) is 1. The van der Waals surface area contributed by atoms with Crippen LogP contribution in [0, 0.1) is 0 Å². The third kappa shape index (κ3) is 3.34. The topological polar surface area (TPSA) is 24.9 Å². The fourth-order valence-electron chi connectivity index (χ4n) is 2.32. The van der Waals surface area contributed by atoms with Crippen LogP contribution in [0.2, 0.25) is 0 Å². The summed E-state index contributed by atoms with van der Waals surface area (Å²) in [6, 6.07) is 18.0. The zero-order valence-electron chi connectivity index (χ0n) is 12.0. The summed E-state index contributed by atoms with van der Waals surface area (Å²) >= 11 is 0. The van der Waals surface area contributed by atoms with Gasteiger partial charge in [-0.1, -0.05) is 36.4 Å². The summed E-state index contributed by atoms with van der Waals surface area (Å²) in [5.74, 6) is 0. The van der Waals surface area contributed by atoms with Crippen LogP contribution < -0.4 is 5.32 Å². The Morgan fingerprint density at radius 3 is 2.09 bits per heavy atom. The van der Waals surface area contributed by atoms with Gasteiger partial charge in [-0.05, 0) is 30.3 Å². The summed E-state index contributed by atoms with van der Waals surface area (Å²) in [4.78, 5) is 4.26. The number of rotatable bonds is 3. The van der Waals surface area contributed by atoms with Gasteiger partial charge in [0.1, 0.15) is 0 Å². The number of nitrogens with zero attached hydrogens (tertiary/aromatic N) is 1. The van der Waals surface area contributed by atoms with Gasteiger partial charge in [0.25, 0.3) is 0 Å². The second-order valence-corrected chi connectivity index (χ2v) is 4.93. The first-order chi connectivity index (χ1) is 11.1. The largest absolute Gasteiger partial charge is 0.418 e. The molecule has 2 aromatic carbocycles. The van der Waals surface area contributed by atoms with E-state index in [1.54, 1.807) is 30.5 Å². The quantitative estimate of drug-likeness (QED) is 0.689. The summed E-state index contributed by atoms with van der Waals surface area (Å²) in [5.41, 5.74) is 1.33. The minimum absolute atomic E-state index is 0.0170. The van der Waals surface area contributed by atoms with Crippen LogP contribution in [-0.2, 0) is 6.18 Å². The highest BCUT2D eigenvalue weighted by atomic mass is 19.4. The van der Waals surface area contributed by atoms with Crippen molar-refractivity contribution in [3.05, 3.63) is 78.5 Å². The van der Waals surface area contributed by atoms with Crippen LogP contribution in [0.3, 0.4) is 0 Å². The fraction of sp³-hybridized carbons (Fsp3) is 0.0556. The van der Waals surface area contributed by atoms with E-state index in [0.717, 1.165) is 11.6 Å². The van der Waals surface area contributed by atoms with Crippen molar-refractivity contribution in [3.63, 3.8) is 0 Å². The summed E-state index contributed by atoms with van der Waals surface area (Å²) in [6.07, 6.45) is -2.76. The zero-order valence-corrected chi connectivity index (χ0v) is 12.0.